The lowest BCUT2D eigenvalue weighted by Gasteiger charge is -2.10. The number of nitrogens with one attached hydrogen (secondary N) is 2. The molecule has 9 heteroatoms. The van der Waals surface area contributed by atoms with Crippen molar-refractivity contribution >= 4 is 22.7 Å². The molecule has 2 rings (SSSR count). The Hall–Kier alpha value is -2.55. The third kappa shape index (κ3) is 4.22. The van der Waals surface area contributed by atoms with Crippen LogP contribution >= 0.6 is 0 Å². The fraction of sp³-hybridized carbons (Fsp3) is 0.286. The standard InChI is InChI=1S/C14H13F3N2O4/c1-7(20)6-18-13(22)19-8-2-3-11-9(4-8)10(21)5-12(23-11)14(15,16)17/h2-5,7,20H,6H2,1H3,(H2,18,19,22)/t7-/m1/s1. The van der Waals surface area contributed by atoms with Crippen molar-refractivity contribution in [2.24, 2.45) is 0 Å². The van der Waals surface area contributed by atoms with Crippen molar-refractivity contribution < 1.29 is 27.5 Å². The number of amides is 2. The second kappa shape index (κ2) is 6.29. The molecule has 6 nitrogen and oxygen atoms in total. The van der Waals surface area contributed by atoms with Gasteiger partial charge in [0, 0.05) is 18.3 Å². The highest BCUT2D eigenvalue weighted by atomic mass is 19.4. The summed E-state index contributed by atoms with van der Waals surface area (Å²) < 4.78 is 42.4. The Kier molecular flexibility index (Phi) is 4.60. The van der Waals surface area contributed by atoms with Gasteiger partial charge in [-0.2, -0.15) is 13.2 Å². The van der Waals surface area contributed by atoms with Gasteiger partial charge in [-0.3, -0.25) is 4.79 Å². The van der Waals surface area contributed by atoms with Crippen molar-refractivity contribution in [2.45, 2.75) is 19.2 Å². The number of alkyl halides is 3. The first-order chi connectivity index (χ1) is 10.7. The van der Waals surface area contributed by atoms with Crippen LogP contribution in [0.15, 0.2) is 33.5 Å². The first kappa shape index (κ1) is 16.8. The number of carbonyl (C=O) groups excluding carboxylic acids is 1. The minimum absolute atomic E-state index is 0.0243. The van der Waals surface area contributed by atoms with Crippen LogP contribution in [0.25, 0.3) is 11.0 Å². The summed E-state index contributed by atoms with van der Waals surface area (Å²) in [7, 11) is 0. The Balaban J connectivity index is 2.28. The summed E-state index contributed by atoms with van der Waals surface area (Å²) >= 11 is 0. The van der Waals surface area contributed by atoms with E-state index in [0.717, 1.165) is 6.07 Å². The first-order valence-electron chi connectivity index (χ1n) is 6.55. The van der Waals surface area contributed by atoms with E-state index in [4.69, 9.17) is 5.11 Å². The molecule has 0 radical (unpaired) electrons. The molecule has 1 atom stereocenters. The molecule has 0 saturated carbocycles. The van der Waals surface area contributed by atoms with Gasteiger partial charge in [-0.25, -0.2) is 4.79 Å². The molecule has 0 aliphatic heterocycles. The Labute approximate surface area is 127 Å². The van der Waals surface area contributed by atoms with Gasteiger partial charge in [0.25, 0.3) is 0 Å². The van der Waals surface area contributed by atoms with E-state index < -0.39 is 29.5 Å². The van der Waals surface area contributed by atoms with Gasteiger partial charge in [-0.05, 0) is 25.1 Å². The second-order valence-electron chi connectivity index (χ2n) is 4.87. The highest BCUT2D eigenvalue weighted by Gasteiger charge is 2.34. The Morgan fingerprint density at radius 2 is 2.04 bits per heavy atom. The average molecular weight is 330 g/mol. The van der Waals surface area contributed by atoms with Gasteiger partial charge in [-0.1, -0.05) is 0 Å². The van der Waals surface area contributed by atoms with E-state index in [1.807, 2.05) is 0 Å². The zero-order valence-corrected chi connectivity index (χ0v) is 11.9. The van der Waals surface area contributed by atoms with Crippen molar-refractivity contribution in [1.29, 1.82) is 0 Å². The molecular formula is C14H13F3N2O4. The molecular weight excluding hydrogens is 317 g/mol. The maximum Gasteiger partial charge on any atom is 0.449 e. The first-order valence-corrected chi connectivity index (χ1v) is 6.55. The number of benzene rings is 1. The molecule has 0 spiro atoms. The van der Waals surface area contributed by atoms with Crippen LogP contribution in [0.1, 0.15) is 12.7 Å². The van der Waals surface area contributed by atoms with Gasteiger partial charge in [0.1, 0.15) is 5.58 Å². The fourth-order valence-corrected chi connectivity index (χ4v) is 1.79. The maximum atomic E-state index is 12.6. The van der Waals surface area contributed by atoms with Crippen LogP contribution < -0.4 is 16.1 Å². The normalized spacial score (nSPS) is 12.9. The molecule has 124 valence electrons. The van der Waals surface area contributed by atoms with Crippen molar-refractivity contribution in [1.82, 2.24) is 5.32 Å². The fourth-order valence-electron chi connectivity index (χ4n) is 1.79. The number of carbonyl (C=O) groups is 1. The van der Waals surface area contributed by atoms with Crippen LogP contribution in [-0.2, 0) is 6.18 Å². The highest BCUT2D eigenvalue weighted by molar-refractivity contribution is 5.92. The zero-order valence-electron chi connectivity index (χ0n) is 11.9. The highest BCUT2D eigenvalue weighted by Crippen LogP contribution is 2.30. The minimum Gasteiger partial charge on any atom is -0.451 e. The van der Waals surface area contributed by atoms with Crippen molar-refractivity contribution in [3.63, 3.8) is 0 Å². The summed E-state index contributed by atoms with van der Waals surface area (Å²) in [4.78, 5) is 23.3. The molecule has 0 aliphatic carbocycles. The van der Waals surface area contributed by atoms with Crippen molar-refractivity contribution in [3.05, 3.63) is 40.2 Å². The third-order valence-corrected chi connectivity index (χ3v) is 2.82. The lowest BCUT2D eigenvalue weighted by atomic mass is 10.2. The Morgan fingerprint density at radius 3 is 2.65 bits per heavy atom. The molecule has 3 N–H and O–H groups in total. The Morgan fingerprint density at radius 1 is 1.35 bits per heavy atom. The van der Waals surface area contributed by atoms with Gasteiger partial charge >= 0.3 is 12.2 Å². The average Bonchev–Trinajstić information content (AvgIpc) is 2.44. The van der Waals surface area contributed by atoms with Crippen molar-refractivity contribution in [2.75, 3.05) is 11.9 Å². The summed E-state index contributed by atoms with van der Waals surface area (Å²) in [5.41, 5.74) is -0.904. The monoisotopic (exact) mass is 330 g/mol. The molecule has 0 aliphatic rings. The second-order valence-corrected chi connectivity index (χ2v) is 4.87. The van der Waals surface area contributed by atoms with Gasteiger partial charge in [0.05, 0.1) is 11.5 Å². The molecule has 1 aromatic heterocycles. The number of aliphatic hydroxyl groups excluding tert-OH is 1. The number of hydrogen-bond acceptors (Lipinski definition) is 4. The number of halogens is 3. The van der Waals surface area contributed by atoms with Crippen LogP contribution in [0.4, 0.5) is 23.7 Å². The molecule has 2 aromatic rings. The summed E-state index contributed by atoms with van der Waals surface area (Å²) in [6, 6.07) is 3.41. The largest absolute Gasteiger partial charge is 0.451 e. The van der Waals surface area contributed by atoms with E-state index in [2.05, 4.69) is 15.1 Å². The summed E-state index contributed by atoms with van der Waals surface area (Å²) in [5, 5.41) is 13.7. The Bertz CT molecular complexity index is 784. The minimum atomic E-state index is -4.76. The summed E-state index contributed by atoms with van der Waals surface area (Å²) in [6.45, 7) is 1.51. The lowest BCUT2D eigenvalue weighted by Crippen LogP contribution is -2.34. The van der Waals surface area contributed by atoms with Gasteiger partial charge in [-0.15, -0.1) is 0 Å². The van der Waals surface area contributed by atoms with Crippen LogP contribution in [0.5, 0.6) is 0 Å². The van der Waals surface area contributed by atoms with E-state index in [9.17, 15) is 22.8 Å². The molecule has 0 saturated heterocycles. The predicted molar refractivity (Wildman–Crippen MR) is 76.2 cm³/mol. The van der Waals surface area contributed by atoms with E-state index in [1.165, 1.54) is 19.1 Å². The lowest BCUT2D eigenvalue weighted by molar-refractivity contribution is -0.152. The number of hydrogen-bond donors (Lipinski definition) is 3. The van der Waals surface area contributed by atoms with Crippen LogP contribution in [0, 0.1) is 0 Å². The van der Waals surface area contributed by atoms with Crippen LogP contribution in [0.3, 0.4) is 0 Å². The summed E-state index contributed by atoms with van der Waals surface area (Å²) in [5.74, 6) is -1.38. The smallest absolute Gasteiger partial charge is 0.449 e. The molecule has 0 fully saturated rings. The zero-order chi connectivity index (χ0) is 17.2. The van der Waals surface area contributed by atoms with E-state index in [1.54, 1.807) is 0 Å². The molecule has 0 unspecified atom stereocenters. The van der Waals surface area contributed by atoms with E-state index in [-0.39, 0.29) is 23.2 Å². The number of anilines is 1. The van der Waals surface area contributed by atoms with E-state index in [0.29, 0.717) is 6.07 Å². The van der Waals surface area contributed by atoms with Crippen LogP contribution in [-0.4, -0.2) is 23.8 Å². The number of aliphatic hydroxyl groups is 1. The van der Waals surface area contributed by atoms with Gasteiger partial charge in [0.2, 0.25) is 5.76 Å². The molecule has 23 heavy (non-hydrogen) atoms. The molecule has 0 bridgehead atoms. The molecule has 2 amide bonds. The van der Waals surface area contributed by atoms with Crippen LogP contribution in [0.2, 0.25) is 0 Å². The molecule has 1 heterocycles. The van der Waals surface area contributed by atoms with Gasteiger partial charge < -0.3 is 20.2 Å². The van der Waals surface area contributed by atoms with E-state index >= 15 is 0 Å². The van der Waals surface area contributed by atoms with Crippen molar-refractivity contribution in [3.8, 4) is 0 Å². The number of urea groups is 1. The molecule has 1 aromatic carbocycles. The quantitative estimate of drug-likeness (QED) is 0.805. The number of fused-ring (bicyclic) bond motifs is 1. The maximum absolute atomic E-state index is 12.6. The number of rotatable bonds is 3. The topological polar surface area (TPSA) is 91.6 Å². The third-order valence-electron chi connectivity index (χ3n) is 2.82. The van der Waals surface area contributed by atoms with Gasteiger partial charge in [0.15, 0.2) is 5.43 Å². The summed E-state index contributed by atoms with van der Waals surface area (Å²) in [6.07, 6.45) is -5.49. The predicted octanol–water partition coefficient (Wildman–Crippen LogP) is 2.31. The SMILES string of the molecule is C[C@@H](O)CNC(=O)Nc1ccc2oc(C(F)(F)F)cc(=O)c2c1.